The first-order valence-corrected chi connectivity index (χ1v) is 19.2. The van der Waals surface area contributed by atoms with Crippen molar-refractivity contribution in [2.75, 3.05) is 0 Å². The molecule has 0 aliphatic carbocycles. The molecule has 0 saturated carbocycles. The second-order valence-electron chi connectivity index (χ2n) is 14.7. The smallest absolute Gasteiger partial charge is 0.136 e. The van der Waals surface area contributed by atoms with E-state index in [0.717, 1.165) is 44.1 Å². The summed E-state index contributed by atoms with van der Waals surface area (Å²) in [7, 11) is 0. The number of furan rings is 2. The van der Waals surface area contributed by atoms with Gasteiger partial charge in [-0.3, -0.25) is 0 Å². The first kappa shape index (κ1) is 31.0. The highest BCUT2D eigenvalue weighted by Crippen LogP contribution is 2.46. The first-order valence-electron chi connectivity index (χ1n) is 19.2. The Bertz CT molecular complexity index is 3470. The largest absolute Gasteiger partial charge is 0.456 e. The van der Waals surface area contributed by atoms with Gasteiger partial charge in [0.05, 0.1) is 0 Å². The van der Waals surface area contributed by atoms with Crippen molar-refractivity contribution >= 4 is 76.2 Å². The van der Waals surface area contributed by atoms with Crippen molar-refractivity contribution < 1.29 is 8.83 Å². The van der Waals surface area contributed by atoms with Crippen LogP contribution < -0.4 is 0 Å². The van der Waals surface area contributed by atoms with Crippen LogP contribution in [0.2, 0.25) is 0 Å². The maximum absolute atomic E-state index is 6.47. The molecule has 0 amide bonds. The quantitative estimate of drug-likeness (QED) is 0.170. The van der Waals surface area contributed by atoms with E-state index in [4.69, 9.17) is 8.83 Å². The SMILES string of the molecule is c1cc(-c2c3ccccc3c(-c3ccc(-c4cccc5oc6ccccc6c45)cc3)c3ccccc23)cc(-c2cccc3oc4ccc5ccccc5c4c23)c1. The summed E-state index contributed by atoms with van der Waals surface area (Å²) in [6, 6.07) is 69.8. The topological polar surface area (TPSA) is 26.3 Å². The van der Waals surface area contributed by atoms with Crippen molar-refractivity contribution in [1.29, 1.82) is 0 Å². The van der Waals surface area contributed by atoms with Crippen molar-refractivity contribution in [2.45, 2.75) is 0 Å². The fraction of sp³-hybridized carbons (Fsp3) is 0. The van der Waals surface area contributed by atoms with Crippen molar-refractivity contribution in [1.82, 2.24) is 0 Å². The van der Waals surface area contributed by atoms with Crippen molar-refractivity contribution in [3.63, 3.8) is 0 Å². The maximum Gasteiger partial charge on any atom is 0.136 e. The summed E-state index contributed by atoms with van der Waals surface area (Å²) in [5.74, 6) is 0. The van der Waals surface area contributed by atoms with Crippen LogP contribution in [0.25, 0.3) is 121 Å². The molecule has 2 aromatic heterocycles. The molecule has 260 valence electrons. The molecule has 2 heterocycles. The molecule has 0 fully saturated rings. The molecule has 0 bridgehead atoms. The van der Waals surface area contributed by atoms with Gasteiger partial charge < -0.3 is 8.83 Å². The van der Waals surface area contributed by atoms with E-state index in [9.17, 15) is 0 Å². The maximum atomic E-state index is 6.47. The number of benzene rings is 10. The molecular formula is C54H32O2. The zero-order valence-corrected chi connectivity index (χ0v) is 30.3. The fourth-order valence-electron chi connectivity index (χ4n) is 9.25. The van der Waals surface area contributed by atoms with Crippen LogP contribution in [0.4, 0.5) is 0 Å². The van der Waals surface area contributed by atoms with Gasteiger partial charge in [0.25, 0.3) is 0 Å². The van der Waals surface area contributed by atoms with E-state index in [-0.39, 0.29) is 0 Å². The molecule has 0 aliphatic heterocycles. The minimum absolute atomic E-state index is 0.903. The van der Waals surface area contributed by atoms with Gasteiger partial charge in [-0.2, -0.15) is 0 Å². The van der Waals surface area contributed by atoms with Crippen molar-refractivity contribution in [3.8, 4) is 44.5 Å². The number of hydrogen-bond donors (Lipinski definition) is 0. The number of para-hydroxylation sites is 1. The molecule has 0 spiro atoms. The number of rotatable bonds is 4. The second kappa shape index (κ2) is 12.0. The van der Waals surface area contributed by atoms with E-state index >= 15 is 0 Å². The van der Waals surface area contributed by atoms with E-state index in [2.05, 4.69) is 182 Å². The van der Waals surface area contributed by atoms with Gasteiger partial charge in [0.2, 0.25) is 0 Å². The summed E-state index contributed by atoms with van der Waals surface area (Å²) in [6.07, 6.45) is 0. The van der Waals surface area contributed by atoms with E-state index in [1.165, 1.54) is 76.6 Å². The zero-order chi connectivity index (χ0) is 36.7. The molecule has 0 unspecified atom stereocenters. The van der Waals surface area contributed by atoms with Crippen LogP contribution in [0.15, 0.2) is 203 Å². The Hall–Kier alpha value is -7.42. The highest BCUT2D eigenvalue weighted by atomic mass is 16.3. The third-order valence-corrected chi connectivity index (χ3v) is 11.7. The number of fused-ring (bicyclic) bond motifs is 10. The Balaban J connectivity index is 1.04. The van der Waals surface area contributed by atoms with Crippen LogP contribution in [0, 0.1) is 0 Å². The molecule has 12 rings (SSSR count). The van der Waals surface area contributed by atoms with Crippen LogP contribution in [0.1, 0.15) is 0 Å². The molecule has 10 aromatic carbocycles. The number of hydrogen-bond acceptors (Lipinski definition) is 2. The van der Waals surface area contributed by atoms with E-state index in [1.54, 1.807) is 0 Å². The van der Waals surface area contributed by atoms with Gasteiger partial charge >= 0.3 is 0 Å². The van der Waals surface area contributed by atoms with Gasteiger partial charge in [0.15, 0.2) is 0 Å². The lowest BCUT2D eigenvalue weighted by atomic mass is 9.85. The van der Waals surface area contributed by atoms with Crippen LogP contribution in [0.3, 0.4) is 0 Å². The molecular weight excluding hydrogens is 681 g/mol. The molecule has 56 heavy (non-hydrogen) atoms. The summed E-state index contributed by atoms with van der Waals surface area (Å²) >= 11 is 0. The highest BCUT2D eigenvalue weighted by molar-refractivity contribution is 6.24. The van der Waals surface area contributed by atoms with E-state index in [0.29, 0.717) is 0 Å². The van der Waals surface area contributed by atoms with E-state index < -0.39 is 0 Å². The zero-order valence-electron chi connectivity index (χ0n) is 30.3. The predicted octanol–water partition coefficient (Wildman–Crippen LogP) is 15.6. The van der Waals surface area contributed by atoms with Crippen LogP contribution in [-0.2, 0) is 0 Å². The first-order chi connectivity index (χ1) is 27.8. The van der Waals surface area contributed by atoms with Gasteiger partial charge in [0, 0.05) is 21.5 Å². The Labute approximate surface area is 322 Å². The molecule has 0 radical (unpaired) electrons. The normalized spacial score (nSPS) is 11.9. The summed E-state index contributed by atoms with van der Waals surface area (Å²) in [6.45, 7) is 0. The third kappa shape index (κ3) is 4.57. The average Bonchev–Trinajstić information content (AvgIpc) is 3.85. The standard InChI is InChI=1S/C54H32O2/c1-2-15-39-33(12-1)30-31-49-53(39)54-40(22-11-25-48(54)56-49)36-13-9-14-37(32-36)51-43-18-5-3-16-41(43)50(42-17-4-6-19-44(42)51)35-28-26-34(27-29-35)38-21-10-24-47-52(38)45-20-7-8-23-46(45)55-47/h1-32H. The highest BCUT2D eigenvalue weighted by Gasteiger charge is 2.20. The molecule has 0 N–H and O–H groups in total. The van der Waals surface area contributed by atoms with Crippen molar-refractivity contribution in [2.24, 2.45) is 0 Å². The predicted molar refractivity (Wildman–Crippen MR) is 235 cm³/mol. The average molecular weight is 713 g/mol. The lowest BCUT2D eigenvalue weighted by Crippen LogP contribution is -1.91. The molecule has 0 saturated heterocycles. The van der Waals surface area contributed by atoms with Gasteiger partial charge in [-0.05, 0) is 107 Å². The summed E-state index contributed by atoms with van der Waals surface area (Å²) < 4.78 is 12.7. The van der Waals surface area contributed by atoms with Crippen LogP contribution in [-0.4, -0.2) is 0 Å². The van der Waals surface area contributed by atoms with Crippen LogP contribution >= 0.6 is 0 Å². The Morgan fingerprint density at radius 3 is 1.45 bits per heavy atom. The van der Waals surface area contributed by atoms with Gasteiger partial charge in [0.1, 0.15) is 22.3 Å². The molecule has 0 atom stereocenters. The van der Waals surface area contributed by atoms with Crippen LogP contribution in [0.5, 0.6) is 0 Å². The molecule has 0 aliphatic rings. The molecule has 2 heteroatoms. The van der Waals surface area contributed by atoms with E-state index in [1.807, 2.05) is 12.1 Å². The summed E-state index contributed by atoms with van der Waals surface area (Å²) in [4.78, 5) is 0. The summed E-state index contributed by atoms with van der Waals surface area (Å²) in [5.41, 5.74) is 13.2. The fourth-order valence-corrected chi connectivity index (χ4v) is 9.25. The second-order valence-corrected chi connectivity index (χ2v) is 14.7. The minimum atomic E-state index is 0.903. The van der Waals surface area contributed by atoms with Gasteiger partial charge in [-0.15, -0.1) is 0 Å². The minimum Gasteiger partial charge on any atom is -0.456 e. The van der Waals surface area contributed by atoms with Gasteiger partial charge in [-0.25, -0.2) is 0 Å². The molecule has 12 aromatic rings. The van der Waals surface area contributed by atoms with Gasteiger partial charge in [-0.1, -0.05) is 164 Å². The van der Waals surface area contributed by atoms with Crippen molar-refractivity contribution in [3.05, 3.63) is 194 Å². The lowest BCUT2D eigenvalue weighted by molar-refractivity contribution is 0.668. The Kier molecular flexibility index (Phi) is 6.66. The summed E-state index contributed by atoms with van der Waals surface area (Å²) in [5, 5.41) is 12.0. The third-order valence-electron chi connectivity index (χ3n) is 11.7. The Morgan fingerprint density at radius 2 is 0.732 bits per heavy atom. The Morgan fingerprint density at radius 1 is 0.250 bits per heavy atom. The monoisotopic (exact) mass is 712 g/mol. The molecule has 2 nitrogen and oxygen atoms in total. The lowest BCUT2D eigenvalue weighted by Gasteiger charge is -2.18.